The highest BCUT2D eigenvalue weighted by molar-refractivity contribution is 14.0. The van der Waals surface area contributed by atoms with E-state index in [1.165, 1.54) is 6.92 Å². The summed E-state index contributed by atoms with van der Waals surface area (Å²) in [5.74, 6) is 0.725. The number of carbonyl (C=O) groups excluding carboxylic acids is 1. The minimum absolute atomic E-state index is 0. The van der Waals surface area contributed by atoms with E-state index in [9.17, 15) is 4.79 Å². The van der Waals surface area contributed by atoms with E-state index >= 15 is 0 Å². The van der Waals surface area contributed by atoms with Crippen LogP contribution in [0, 0.1) is 0 Å². The van der Waals surface area contributed by atoms with Gasteiger partial charge in [0.25, 0.3) is 0 Å². The van der Waals surface area contributed by atoms with E-state index in [0.717, 1.165) is 12.5 Å². The molecule has 108 valence electrons. The third-order valence-electron chi connectivity index (χ3n) is 1.85. The second-order valence-electron chi connectivity index (χ2n) is 3.37. The van der Waals surface area contributed by atoms with Crippen molar-refractivity contribution in [2.45, 2.75) is 20.8 Å². The molecule has 0 aliphatic rings. The number of halogens is 1. The monoisotopic (exact) mass is 372 g/mol. The van der Waals surface area contributed by atoms with Gasteiger partial charge in [-0.25, -0.2) is 0 Å². The molecule has 0 aliphatic heterocycles. The molecule has 0 aromatic carbocycles. The lowest BCUT2D eigenvalue weighted by Crippen LogP contribution is -2.41. The molecule has 0 heterocycles. The predicted molar refractivity (Wildman–Crippen MR) is 84.6 cm³/mol. The standard InChI is InChI=1S/C11H24N4O2.HI/c1-4-12-11(15-8-9-17-5-2)14-7-6-13-10(3)16;/h4-9H2,1-3H3,(H,13,16)(H2,12,14,15);1H. The maximum atomic E-state index is 10.7. The van der Waals surface area contributed by atoms with E-state index < -0.39 is 0 Å². The molecule has 1 amide bonds. The third kappa shape index (κ3) is 13.5. The number of nitrogens with zero attached hydrogens (tertiary/aromatic N) is 1. The van der Waals surface area contributed by atoms with Gasteiger partial charge in [0.2, 0.25) is 5.91 Å². The molecule has 0 atom stereocenters. The van der Waals surface area contributed by atoms with Crippen LogP contribution >= 0.6 is 24.0 Å². The molecule has 0 aromatic rings. The van der Waals surface area contributed by atoms with Gasteiger partial charge in [-0.15, -0.1) is 24.0 Å². The van der Waals surface area contributed by atoms with Crippen LogP contribution in [-0.2, 0) is 9.53 Å². The average Bonchev–Trinajstić information content (AvgIpc) is 2.29. The van der Waals surface area contributed by atoms with Crippen LogP contribution in [0.1, 0.15) is 20.8 Å². The summed E-state index contributed by atoms with van der Waals surface area (Å²) in [6, 6.07) is 0. The molecular formula is C11H25IN4O2. The van der Waals surface area contributed by atoms with Crippen molar-refractivity contribution in [3.63, 3.8) is 0 Å². The van der Waals surface area contributed by atoms with Crippen molar-refractivity contribution >= 4 is 35.8 Å². The number of aliphatic imine (C=N–C) groups is 1. The molecule has 3 N–H and O–H groups in total. The van der Waals surface area contributed by atoms with Gasteiger partial charge in [-0.2, -0.15) is 0 Å². The van der Waals surface area contributed by atoms with Gasteiger partial charge in [0.05, 0.1) is 13.2 Å². The van der Waals surface area contributed by atoms with E-state index in [-0.39, 0.29) is 29.9 Å². The largest absolute Gasteiger partial charge is 0.380 e. The molecule has 0 bridgehead atoms. The molecule has 0 aliphatic carbocycles. The lowest BCUT2D eigenvalue weighted by molar-refractivity contribution is -0.118. The van der Waals surface area contributed by atoms with Crippen LogP contribution in [0.5, 0.6) is 0 Å². The molecule has 0 rings (SSSR count). The van der Waals surface area contributed by atoms with Crippen LogP contribution in [0.15, 0.2) is 4.99 Å². The Morgan fingerprint density at radius 1 is 1.17 bits per heavy atom. The number of hydrogen-bond acceptors (Lipinski definition) is 3. The minimum Gasteiger partial charge on any atom is -0.380 e. The van der Waals surface area contributed by atoms with Gasteiger partial charge in [0.15, 0.2) is 5.96 Å². The van der Waals surface area contributed by atoms with Crippen molar-refractivity contribution in [3.05, 3.63) is 0 Å². The zero-order valence-electron chi connectivity index (χ0n) is 11.4. The summed E-state index contributed by atoms with van der Waals surface area (Å²) < 4.78 is 5.20. The lowest BCUT2D eigenvalue weighted by Gasteiger charge is -2.11. The zero-order valence-corrected chi connectivity index (χ0v) is 13.7. The molecule has 0 radical (unpaired) electrons. The van der Waals surface area contributed by atoms with Crippen molar-refractivity contribution in [1.82, 2.24) is 16.0 Å². The third-order valence-corrected chi connectivity index (χ3v) is 1.85. The highest BCUT2D eigenvalue weighted by atomic mass is 127. The number of carbonyl (C=O) groups is 1. The summed E-state index contributed by atoms with van der Waals surface area (Å²) in [5.41, 5.74) is 0. The first kappa shape index (κ1) is 19.8. The summed E-state index contributed by atoms with van der Waals surface area (Å²) in [6.45, 7) is 9.48. The Balaban J connectivity index is 0. The molecule has 0 fully saturated rings. The number of rotatable bonds is 8. The molecular weight excluding hydrogens is 347 g/mol. The number of ether oxygens (including phenoxy) is 1. The fraction of sp³-hybridized carbons (Fsp3) is 0.818. The van der Waals surface area contributed by atoms with Gasteiger partial charge < -0.3 is 20.7 Å². The number of guanidine groups is 1. The molecule has 0 unspecified atom stereocenters. The van der Waals surface area contributed by atoms with Crippen molar-refractivity contribution in [3.8, 4) is 0 Å². The highest BCUT2D eigenvalue weighted by Crippen LogP contribution is 1.77. The Morgan fingerprint density at radius 3 is 2.39 bits per heavy atom. The van der Waals surface area contributed by atoms with Crippen LogP contribution in [0.4, 0.5) is 0 Å². The normalized spacial score (nSPS) is 10.5. The molecule has 6 nitrogen and oxygen atoms in total. The predicted octanol–water partition coefficient (Wildman–Crippen LogP) is 0.332. The first-order valence-corrected chi connectivity index (χ1v) is 6.05. The van der Waals surface area contributed by atoms with Crippen molar-refractivity contribution in [2.24, 2.45) is 4.99 Å². The smallest absolute Gasteiger partial charge is 0.216 e. The molecule has 0 saturated heterocycles. The van der Waals surface area contributed by atoms with Crippen LogP contribution in [0.25, 0.3) is 0 Å². The number of nitrogens with one attached hydrogen (secondary N) is 3. The molecule has 7 heteroatoms. The van der Waals surface area contributed by atoms with Gasteiger partial charge in [0, 0.05) is 33.2 Å². The summed E-state index contributed by atoms with van der Waals surface area (Å²) in [5, 5.41) is 8.95. The van der Waals surface area contributed by atoms with Gasteiger partial charge in [0.1, 0.15) is 0 Å². The van der Waals surface area contributed by atoms with E-state index in [1.807, 2.05) is 13.8 Å². The second-order valence-corrected chi connectivity index (χ2v) is 3.37. The number of hydrogen-bond donors (Lipinski definition) is 3. The lowest BCUT2D eigenvalue weighted by atomic mass is 10.5. The minimum atomic E-state index is -0.0231. The van der Waals surface area contributed by atoms with E-state index in [1.54, 1.807) is 0 Å². The van der Waals surface area contributed by atoms with Crippen molar-refractivity contribution in [1.29, 1.82) is 0 Å². The van der Waals surface area contributed by atoms with E-state index in [4.69, 9.17) is 4.74 Å². The van der Waals surface area contributed by atoms with Gasteiger partial charge >= 0.3 is 0 Å². The zero-order chi connectivity index (χ0) is 12.9. The van der Waals surface area contributed by atoms with Crippen molar-refractivity contribution < 1.29 is 9.53 Å². The summed E-state index contributed by atoms with van der Waals surface area (Å²) >= 11 is 0. The van der Waals surface area contributed by atoms with Crippen LogP contribution in [0.3, 0.4) is 0 Å². The van der Waals surface area contributed by atoms with Crippen LogP contribution < -0.4 is 16.0 Å². The molecule has 0 spiro atoms. The molecule has 0 aromatic heterocycles. The topological polar surface area (TPSA) is 74.8 Å². The van der Waals surface area contributed by atoms with Gasteiger partial charge in [-0.3, -0.25) is 9.79 Å². The van der Waals surface area contributed by atoms with E-state index in [2.05, 4.69) is 20.9 Å². The maximum absolute atomic E-state index is 10.7. The SMILES string of the molecule is CCNC(=NCCOCC)NCCNC(C)=O.I. The Morgan fingerprint density at radius 2 is 1.83 bits per heavy atom. The van der Waals surface area contributed by atoms with Gasteiger partial charge in [-0.1, -0.05) is 0 Å². The van der Waals surface area contributed by atoms with Crippen LogP contribution in [0.2, 0.25) is 0 Å². The Hall–Kier alpha value is -0.570. The van der Waals surface area contributed by atoms with Crippen molar-refractivity contribution in [2.75, 3.05) is 39.4 Å². The van der Waals surface area contributed by atoms with E-state index in [0.29, 0.717) is 32.8 Å². The maximum Gasteiger partial charge on any atom is 0.216 e. The second kappa shape index (κ2) is 14.5. The number of amides is 1. The van der Waals surface area contributed by atoms with Crippen LogP contribution in [-0.4, -0.2) is 51.3 Å². The summed E-state index contributed by atoms with van der Waals surface area (Å²) in [6.07, 6.45) is 0. The average molecular weight is 372 g/mol. The molecule has 18 heavy (non-hydrogen) atoms. The molecule has 0 saturated carbocycles. The Kier molecular flexibility index (Phi) is 15.9. The summed E-state index contributed by atoms with van der Waals surface area (Å²) in [7, 11) is 0. The first-order valence-electron chi connectivity index (χ1n) is 6.05. The first-order chi connectivity index (χ1) is 8.20. The fourth-order valence-corrected chi connectivity index (χ4v) is 1.13. The Bertz CT molecular complexity index is 237. The fourth-order valence-electron chi connectivity index (χ4n) is 1.13. The quantitative estimate of drug-likeness (QED) is 0.249. The Labute approximate surface area is 126 Å². The highest BCUT2D eigenvalue weighted by Gasteiger charge is 1.96. The van der Waals surface area contributed by atoms with Gasteiger partial charge in [-0.05, 0) is 13.8 Å². The summed E-state index contributed by atoms with van der Waals surface area (Å²) in [4.78, 5) is 15.0.